The Hall–Kier alpha value is -3.14. The number of nitrogens with zero attached hydrogens (tertiary/aromatic N) is 2. The van der Waals surface area contributed by atoms with Crippen molar-refractivity contribution in [3.63, 3.8) is 0 Å². The van der Waals surface area contributed by atoms with Crippen LogP contribution in [-0.2, 0) is 6.42 Å². The Morgan fingerprint density at radius 2 is 1.83 bits per heavy atom. The lowest BCUT2D eigenvalue weighted by Gasteiger charge is -2.31. The molecular weight excluding hydrogens is 360 g/mol. The number of hydrogen-bond acceptors (Lipinski definition) is 3. The molecule has 0 saturated carbocycles. The third kappa shape index (κ3) is 3.63. The standard InChI is InChI=1S/C25H24N2O2/c1-17-7-8-20-15-21-16-23(29-24(21)26-22(20)13-17)25(28)27-11-9-19(10-12-27)14-18-5-3-2-4-6-18/h2-8,13,15-16,19H,9-12,14H2,1H3. The Balaban J connectivity index is 1.30. The lowest BCUT2D eigenvalue weighted by molar-refractivity contribution is 0.0660. The van der Waals surface area contributed by atoms with Gasteiger partial charge in [0.1, 0.15) is 0 Å². The highest BCUT2D eigenvalue weighted by molar-refractivity contribution is 5.98. The van der Waals surface area contributed by atoms with Gasteiger partial charge in [-0.05, 0) is 61.4 Å². The average molecular weight is 384 g/mol. The van der Waals surface area contributed by atoms with Crippen molar-refractivity contribution < 1.29 is 9.21 Å². The van der Waals surface area contributed by atoms with Gasteiger partial charge in [0.15, 0.2) is 5.76 Å². The SMILES string of the molecule is Cc1ccc2cc3cc(C(=O)N4CCC(Cc5ccccc5)CC4)oc3nc2c1. The maximum absolute atomic E-state index is 13.0. The molecule has 0 unspecified atom stereocenters. The fourth-order valence-electron chi connectivity index (χ4n) is 4.28. The minimum Gasteiger partial charge on any atom is -0.433 e. The molecule has 0 bridgehead atoms. The molecule has 1 aliphatic heterocycles. The van der Waals surface area contributed by atoms with E-state index in [4.69, 9.17) is 4.42 Å². The summed E-state index contributed by atoms with van der Waals surface area (Å²) in [6, 6.07) is 20.7. The first kappa shape index (κ1) is 17.9. The number of aromatic nitrogens is 1. The van der Waals surface area contributed by atoms with E-state index in [0.29, 0.717) is 17.4 Å². The van der Waals surface area contributed by atoms with Gasteiger partial charge >= 0.3 is 0 Å². The summed E-state index contributed by atoms with van der Waals surface area (Å²) in [6.07, 6.45) is 3.15. The van der Waals surface area contributed by atoms with Crippen molar-refractivity contribution in [1.82, 2.24) is 9.88 Å². The molecule has 4 heteroatoms. The van der Waals surface area contributed by atoms with Crippen molar-refractivity contribution in [3.8, 4) is 0 Å². The zero-order chi connectivity index (χ0) is 19.8. The number of amides is 1. The molecule has 1 saturated heterocycles. The topological polar surface area (TPSA) is 46.3 Å². The van der Waals surface area contributed by atoms with Crippen LogP contribution in [0, 0.1) is 12.8 Å². The molecule has 2 aromatic heterocycles. The van der Waals surface area contributed by atoms with Crippen molar-refractivity contribution in [2.45, 2.75) is 26.2 Å². The maximum Gasteiger partial charge on any atom is 0.289 e. The number of hydrogen-bond donors (Lipinski definition) is 0. The second-order valence-corrected chi connectivity index (χ2v) is 8.11. The van der Waals surface area contributed by atoms with Crippen LogP contribution in [0.5, 0.6) is 0 Å². The van der Waals surface area contributed by atoms with Crippen LogP contribution in [-0.4, -0.2) is 28.9 Å². The number of rotatable bonds is 3. The van der Waals surface area contributed by atoms with Crippen LogP contribution in [0.4, 0.5) is 0 Å². The van der Waals surface area contributed by atoms with Crippen LogP contribution in [0.2, 0.25) is 0 Å². The zero-order valence-corrected chi connectivity index (χ0v) is 16.6. The molecule has 0 radical (unpaired) electrons. The van der Waals surface area contributed by atoms with Gasteiger partial charge in [-0.25, -0.2) is 4.98 Å². The monoisotopic (exact) mass is 384 g/mol. The first-order valence-corrected chi connectivity index (χ1v) is 10.3. The molecule has 4 nitrogen and oxygen atoms in total. The number of likely N-dealkylation sites (tertiary alicyclic amines) is 1. The van der Waals surface area contributed by atoms with Crippen LogP contribution in [0.25, 0.3) is 22.0 Å². The van der Waals surface area contributed by atoms with Gasteiger partial charge < -0.3 is 9.32 Å². The first-order valence-electron chi connectivity index (χ1n) is 10.3. The molecular formula is C25H24N2O2. The van der Waals surface area contributed by atoms with Crippen molar-refractivity contribution in [2.24, 2.45) is 5.92 Å². The van der Waals surface area contributed by atoms with Gasteiger partial charge in [-0.2, -0.15) is 0 Å². The first-order chi connectivity index (χ1) is 14.2. The van der Waals surface area contributed by atoms with Crippen molar-refractivity contribution in [2.75, 3.05) is 13.1 Å². The summed E-state index contributed by atoms with van der Waals surface area (Å²) in [6.45, 7) is 3.60. The zero-order valence-electron chi connectivity index (χ0n) is 16.6. The molecule has 0 spiro atoms. The number of aryl methyl sites for hydroxylation is 1. The Morgan fingerprint density at radius 1 is 1.03 bits per heavy atom. The highest BCUT2D eigenvalue weighted by Crippen LogP contribution is 2.27. The third-order valence-corrected chi connectivity index (χ3v) is 5.94. The second-order valence-electron chi connectivity index (χ2n) is 8.11. The summed E-state index contributed by atoms with van der Waals surface area (Å²) >= 11 is 0. The molecule has 3 heterocycles. The van der Waals surface area contributed by atoms with E-state index in [0.717, 1.165) is 54.2 Å². The highest BCUT2D eigenvalue weighted by Gasteiger charge is 2.26. The van der Waals surface area contributed by atoms with Gasteiger partial charge in [0.25, 0.3) is 5.91 Å². The van der Waals surface area contributed by atoms with E-state index in [1.165, 1.54) is 5.56 Å². The largest absolute Gasteiger partial charge is 0.433 e. The molecule has 1 fully saturated rings. The predicted molar refractivity (Wildman–Crippen MR) is 115 cm³/mol. The molecule has 29 heavy (non-hydrogen) atoms. The van der Waals surface area contributed by atoms with E-state index in [1.807, 2.05) is 30.0 Å². The van der Waals surface area contributed by atoms with Gasteiger partial charge in [-0.3, -0.25) is 4.79 Å². The number of piperidine rings is 1. The Morgan fingerprint density at radius 3 is 2.62 bits per heavy atom. The molecule has 0 aliphatic carbocycles. The minimum absolute atomic E-state index is 0.0265. The fourth-order valence-corrected chi connectivity index (χ4v) is 4.28. The predicted octanol–water partition coefficient (Wildman–Crippen LogP) is 5.38. The van der Waals surface area contributed by atoms with Crippen LogP contribution in [0.15, 0.2) is 65.1 Å². The molecule has 0 N–H and O–H groups in total. The van der Waals surface area contributed by atoms with Crippen molar-refractivity contribution >= 4 is 27.9 Å². The summed E-state index contributed by atoms with van der Waals surface area (Å²) in [5.74, 6) is 0.995. The summed E-state index contributed by atoms with van der Waals surface area (Å²) in [5.41, 5.74) is 3.96. The molecule has 2 aromatic carbocycles. The quantitative estimate of drug-likeness (QED) is 0.476. The Bertz CT molecular complexity index is 1170. The summed E-state index contributed by atoms with van der Waals surface area (Å²) < 4.78 is 5.85. The van der Waals surface area contributed by atoms with Crippen LogP contribution in [0.1, 0.15) is 34.5 Å². The summed E-state index contributed by atoms with van der Waals surface area (Å²) in [5, 5.41) is 1.94. The van der Waals surface area contributed by atoms with Gasteiger partial charge in [0, 0.05) is 23.9 Å². The van der Waals surface area contributed by atoms with Crippen LogP contribution >= 0.6 is 0 Å². The number of fused-ring (bicyclic) bond motifs is 2. The molecule has 0 atom stereocenters. The van der Waals surface area contributed by atoms with Gasteiger partial charge in [0.2, 0.25) is 5.71 Å². The molecule has 4 aromatic rings. The summed E-state index contributed by atoms with van der Waals surface area (Å²) in [7, 11) is 0. The third-order valence-electron chi connectivity index (χ3n) is 5.94. The summed E-state index contributed by atoms with van der Waals surface area (Å²) in [4.78, 5) is 19.5. The van der Waals surface area contributed by atoms with Crippen molar-refractivity contribution in [1.29, 1.82) is 0 Å². The van der Waals surface area contributed by atoms with Crippen molar-refractivity contribution in [3.05, 3.63) is 77.6 Å². The van der Waals surface area contributed by atoms with Crippen LogP contribution < -0.4 is 0 Å². The normalized spacial score (nSPS) is 15.3. The number of benzene rings is 2. The molecule has 5 rings (SSSR count). The van der Waals surface area contributed by atoms with E-state index in [-0.39, 0.29) is 5.91 Å². The second kappa shape index (κ2) is 7.36. The van der Waals surface area contributed by atoms with Crippen LogP contribution in [0.3, 0.4) is 0 Å². The van der Waals surface area contributed by atoms with E-state index in [9.17, 15) is 4.79 Å². The lowest BCUT2D eigenvalue weighted by atomic mass is 9.90. The van der Waals surface area contributed by atoms with E-state index in [2.05, 4.69) is 47.4 Å². The lowest BCUT2D eigenvalue weighted by Crippen LogP contribution is -2.38. The Labute approximate surface area is 170 Å². The smallest absolute Gasteiger partial charge is 0.289 e. The number of carbonyl (C=O) groups excluding carboxylic acids is 1. The minimum atomic E-state index is -0.0265. The number of pyridine rings is 1. The Kier molecular flexibility index (Phi) is 4.55. The fraction of sp³-hybridized carbons (Fsp3) is 0.280. The molecule has 1 aliphatic rings. The average Bonchev–Trinajstić information content (AvgIpc) is 3.15. The number of carbonyl (C=O) groups is 1. The molecule has 1 amide bonds. The van der Waals surface area contributed by atoms with Gasteiger partial charge in [0.05, 0.1) is 5.52 Å². The van der Waals surface area contributed by atoms with Gasteiger partial charge in [-0.15, -0.1) is 0 Å². The van der Waals surface area contributed by atoms with E-state index < -0.39 is 0 Å². The highest BCUT2D eigenvalue weighted by atomic mass is 16.4. The van der Waals surface area contributed by atoms with E-state index >= 15 is 0 Å². The molecule has 146 valence electrons. The number of furan rings is 1. The van der Waals surface area contributed by atoms with Gasteiger partial charge in [-0.1, -0.05) is 42.5 Å². The van der Waals surface area contributed by atoms with E-state index in [1.54, 1.807) is 0 Å². The maximum atomic E-state index is 13.0.